The summed E-state index contributed by atoms with van der Waals surface area (Å²) in [6.45, 7) is 5.37. The number of aromatic nitrogens is 2. The number of hydrogen-bond donors (Lipinski definition) is 1. The summed E-state index contributed by atoms with van der Waals surface area (Å²) in [4.78, 5) is 40.4. The van der Waals surface area contributed by atoms with E-state index >= 15 is 0 Å². The Morgan fingerprint density at radius 3 is 2.24 bits per heavy atom. The minimum atomic E-state index is -1.37. The fraction of sp³-hybridized carbons (Fsp3) is 0.314. The van der Waals surface area contributed by atoms with E-state index in [0.29, 0.717) is 78.6 Å². The Labute approximate surface area is 265 Å². The van der Waals surface area contributed by atoms with Crippen LogP contribution in [0.1, 0.15) is 64.2 Å². The van der Waals surface area contributed by atoms with E-state index in [0.717, 1.165) is 17.2 Å². The van der Waals surface area contributed by atoms with E-state index in [-0.39, 0.29) is 18.1 Å². The van der Waals surface area contributed by atoms with Crippen molar-refractivity contribution in [2.24, 2.45) is 7.05 Å². The zero-order chi connectivity index (χ0) is 32.6. The molecule has 1 fully saturated rings. The topological polar surface area (TPSA) is 120 Å². The standard InChI is InChI=1S/C35H34FN3O7/c1-4-44-30-16-23(17-31(45-5-2)32(30)24-19-37-38(3)20-24)33(41)39-12-10-35(11-13-39)18-28(40)26-15-22(7-9-29(26)46-35)21-6-8-27(36)25(14-21)34(42)43/h6-9,14-17,19-20H,4-5,10-13,18H2,1-3H3,(H,42,43). The van der Waals surface area contributed by atoms with E-state index in [9.17, 15) is 23.9 Å². The highest BCUT2D eigenvalue weighted by molar-refractivity contribution is 6.02. The Bertz CT molecular complexity index is 1810. The van der Waals surface area contributed by atoms with Crippen molar-refractivity contribution >= 4 is 17.7 Å². The number of benzene rings is 3. The maximum Gasteiger partial charge on any atom is 0.338 e. The van der Waals surface area contributed by atoms with Crippen molar-refractivity contribution in [2.45, 2.75) is 38.7 Å². The molecule has 6 rings (SSSR count). The molecule has 0 unspecified atom stereocenters. The highest BCUT2D eigenvalue weighted by atomic mass is 19.1. The van der Waals surface area contributed by atoms with Gasteiger partial charge >= 0.3 is 5.97 Å². The predicted octanol–water partition coefficient (Wildman–Crippen LogP) is 6.03. The summed E-state index contributed by atoms with van der Waals surface area (Å²) in [7, 11) is 1.83. The molecular formula is C35H34FN3O7. The van der Waals surface area contributed by atoms with E-state index in [1.54, 1.807) is 46.1 Å². The Kier molecular flexibility index (Phi) is 8.24. The first kappa shape index (κ1) is 30.8. The smallest absolute Gasteiger partial charge is 0.338 e. The van der Waals surface area contributed by atoms with Crippen molar-refractivity contribution in [1.82, 2.24) is 14.7 Å². The van der Waals surface area contributed by atoms with Crippen molar-refractivity contribution in [3.8, 4) is 39.5 Å². The number of carboxylic acids is 1. The molecule has 1 N–H and O–H groups in total. The molecule has 1 saturated heterocycles. The molecule has 4 aromatic rings. The van der Waals surface area contributed by atoms with Gasteiger partial charge in [-0.2, -0.15) is 5.10 Å². The van der Waals surface area contributed by atoms with Crippen molar-refractivity contribution in [1.29, 1.82) is 0 Å². The summed E-state index contributed by atoms with van der Waals surface area (Å²) >= 11 is 0. The van der Waals surface area contributed by atoms with Gasteiger partial charge < -0.3 is 24.2 Å². The average Bonchev–Trinajstić information content (AvgIpc) is 3.46. The van der Waals surface area contributed by atoms with Gasteiger partial charge in [-0.05, 0) is 61.4 Å². The van der Waals surface area contributed by atoms with Crippen LogP contribution in [0.2, 0.25) is 0 Å². The second kappa shape index (κ2) is 12.3. The average molecular weight is 628 g/mol. The molecule has 3 aromatic carbocycles. The molecule has 3 heterocycles. The number of amides is 1. The first-order chi connectivity index (χ1) is 22.1. The number of hydrogen-bond acceptors (Lipinski definition) is 7. The van der Waals surface area contributed by atoms with Gasteiger partial charge in [-0.3, -0.25) is 14.3 Å². The molecule has 2 aliphatic rings. The van der Waals surface area contributed by atoms with Gasteiger partial charge in [0.05, 0.1) is 42.5 Å². The number of ketones is 1. The number of ether oxygens (including phenoxy) is 3. The SMILES string of the molecule is CCOc1cc(C(=O)N2CCC3(CC2)CC(=O)c2cc(-c4ccc(F)c(C(=O)O)c4)ccc2O3)cc(OCC)c1-c1cnn(C)c1. The molecule has 0 saturated carbocycles. The number of piperidine rings is 1. The lowest BCUT2D eigenvalue weighted by atomic mass is 9.81. The maximum atomic E-state index is 13.9. The van der Waals surface area contributed by atoms with Crippen LogP contribution in [-0.4, -0.2) is 69.4 Å². The van der Waals surface area contributed by atoms with Gasteiger partial charge in [-0.1, -0.05) is 12.1 Å². The summed E-state index contributed by atoms with van der Waals surface area (Å²) in [6, 6.07) is 12.4. The second-order valence-electron chi connectivity index (χ2n) is 11.5. The van der Waals surface area contributed by atoms with Crippen LogP contribution in [0.15, 0.2) is 60.9 Å². The second-order valence-corrected chi connectivity index (χ2v) is 11.5. The molecule has 0 radical (unpaired) electrons. The molecule has 0 atom stereocenters. The lowest BCUT2D eigenvalue weighted by Gasteiger charge is -2.44. The maximum absolute atomic E-state index is 13.9. The third-order valence-electron chi connectivity index (χ3n) is 8.49. The van der Waals surface area contributed by atoms with Crippen LogP contribution in [0.4, 0.5) is 4.39 Å². The number of carbonyl (C=O) groups excluding carboxylic acids is 2. The zero-order valence-electron chi connectivity index (χ0n) is 25.8. The van der Waals surface area contributed by atoms with Crippen LogP contribution in [0, 0.1) is 5.82 Å². The van der Waals surface area contributed by atoms with Crippen LogP contribution in [0.25, 0.3) is 22.3 Å². The largest absolute Gasteiger partial charge is 0.493 e. The molecule has 46 heavy (non-hydrogen) atoms. The monoisotopic (exact) mass is 627 g/mol. The predicted molar refractivity (Wildman–Crippen MR) is 167 cm³/mol. The van der Waals surface area contributed by atoms with Gasteiger partial charge in [0.15, 0.2) is 5.78 Å². The molecule has 0 bridgehead atoms. The molecule has 1 spiro atoms. The molecule has 2 aliphatic heterocycles. The number of rotatable bonds is 8. The number of halogens is 1. The summed E-state index contributed by atoms with van der Waals surface area (Å²) in [6.07, 6.45) is 4.69. The number of nitrogens with zero attached hydrogens (tertiary/aromatic N) is 3. The van der Waals surface area contributed by atoms with Gasteiger partial charge in [0, 0.05) is 50.3 Å². The van der Waals surface area contributed by atoms with Crippen LogP contribution < -0.4 is 14.2 Å². The number of Topliss-reactive ketones (excluding diaryl/α,β-unsaturated/α-hetero) is 1. The molecule has 1 aromatic heterocycles. The molecule has 238 valence electrons. The first-order valence-electron chi connectivity index (χ1n) is 15.2. The van der Waals surface area contributed by atoms with Crippen molar-refractivity contribution in [3.63, 3.8) is 0 Å². The number of aryl methyl sites for hydroxylation is 1. The minimum Gasteiger partial charge on any atom is -0.493 e. The zero-order valence-corrected chi connectivity index (χ0v) is 25.8. The van der Waals surface area contributed by atoms with Crippen molar-refractivity contribution in [2.75, 3.05) is 26.3 Å². The third kappa shape index (κ3) is 5.80. The summed E-state index contributed by atoms with van der Waals surface area (Å²) < 4.78 is 34.0. The Morgan fingerprint density at radius 2 is 1.63 bits per heavy atom. The number of likely N-dealkylation sites (tertiary alicyclic amines) is 1. The Morgan fingerprint density at radius 1 is 0.978 bits per heavy atom. The summed E-state index contributed by atoms with van der Waals surface area (Å²) in [5.41, 5.74) is 2.28. The minimum absolute atomic E-state index is 0.0999. The van der Waals surface area contributed by atoms with Crippen LogP contribution in [-0.2, 0) is 7.05 Å². The third-order valence-corrected chi connectivity index (χ3v) is 8.49. The number of carbonyl (C=O) groups is 3. The van der Waals surface area contributed by atoms with Gasteiger partial charge in [-0.15, -0.1) is 0 Å². The van der Waals surface area contributed by atoms with Crippen molar-refractivity contribution in [3.05, 3.63) is 83.4 Å². The highest BCUT2D eigenvalue weighted by Gasteiger charge is 2.44. The Hall–Kier alpha value is -5.19. The number of fused-ring (bicyclic) bond motifs is 1. The van der Waals surface area contributed by atoms with Gasteiger partial charge in [0.1, 0.15) is 28.7 Å². The lowest BCUT2D eigenvalue weighted by molar-refractivity contribution is -0.00573. The van der Waals surface area contributed by atoms with E-state index in [4.69, 9.17) is 14.2 Å². The molecule has 11 heteroatoms. The van der Waals surface area contributed by atoms with Crippen LogP contribution in [0.3, 0.4) is 0 Å². The fourth-order valence-electron chi connectivity index (χ4n) is 6.21. The fourth-order valence-corrected chi connectivity index (χ4v) is 6.21. The quantitative estimate of drug-likeness (QED) is 0.252. The van der Waals surface area contributed by atoms with Crippen molar-refractivity contribution < 1.29 is 38.1 Å². The number of carboxylic acid groups (broad SMARTS) is 1. The summed E-state index contributed by atoms with van der Waals surface area (Å²) in [5, 5.41) is 13.6. The lowest BCUT2D eigenvalue weighted by Crippen LogP contribution is -2.52. The van der Waals surface area contributed by atoms with Gasteiger partial charge in [0.25, 0.3) is 5.91 Å². The first-order valence-corrected chi connectivity index (χ1v) is 15.2. The van der Waals surface area contributed by atoms with E-state index in [1.807, 2.05) is 27.1 Å². The summed E-state index contributed by atoms with van der Waals surface area (Å²) in [5.74, 6) is -0.945. The highest BCUT2D eigenvalue weighted by Crippen LogP contribution is 2.43. The van der Waals surface area contributed by atoms with Gasteiger partial charge in [0.2, 0.25) is 0 Å². The molecule has 0 aliphatic carbocycles. The number of aromatic carboxylic acids is 1. The Balaban J connectivity index is 1.20. The van der Waals surface area contributed by atoms with Crippen LogP contribution >= 0.6 is 0 Å². The molecule has 10 nitrogen and oxygen atoms in total. The van der Waals surface area contributed by atoms with Gasteiger partial charge in [-0.25, -0.2) is 9.18 Å². The molecule has 1 amide bonds. The van der Waals surface area contributed by atoms with Crippen LogP contribution in [0.5, 0.6) is 17.2 Å². The van der Waals surface area contributed by atoms with E-state index in [2.05, 4.69) is 5.10 Å². The normalized spacial score (nSPS) is 15.3. The van der Waals surface area contributed by atoms with E-state index < -0.39 is 23.0 Å². The molecular weight excluding hydrogens is 593 g/mol. The van der Waals surface area contributed by atoms with E-state index in [1.165, 1.54) is 12.1 Å².